The Hall–Kier alpha value is -2.12. The number of hydrogen-bond acceptors (Lipinski definition) is 5. The number of carbonyl (C=O) groups excluding carboxylic acids is 2. The van der Waals surface area contributed by atoms with Crippen LogP contribution in [0.3, 0.4) is 0 Å². The number of nitrogens with zero attached hydrogens (tertiary/aromatic N) is 5. The summed E-state index contributed by atoms with van der Waals surface area (Å²) >= 11 is 0. The van der Waals surface area contributed by atoms with Gasteiger partial charge in [0.1, 0.15) is 6.54 Å². The molecule has 0 radical (unpaired) electrons. The van der Waals surface area contributed by atoms with Gasteiger partial charge in [0.15, 0.2) is 5.82 Å². The molecule has 1 atom stereocenters. The van der Waals surface area contributed by atoms with Crippen LogP contribution in [0.25, 0.3) is 0 Å². The number of carbonyl (C=O) groups is 2. The smallest absolute Gasteiger partial charge is 0.320 e. The Morgan fingerprint density at radius 2 is 2.29 bits per heavy atom. The molecular weight excluding hydrogens is 274 g/mol. The van der Waals surface area contributed by atoms with Gasteiger partial charge in [-0.25, -0.2) is 4.79 Å². The molecule has 1 aromatic heterocycles. The van der Waals surface area contributed by atoms with Crippen molar-refractivity contribution >= 4 is 11.9 Å². The topological polar surface area (TPSA) is 82.8 Å². The molecule has 2 saturated heterocycles. The van der Waals surface area contributed by atoms with E-state index in [1.165, 1.54) is 6.39 Å². The summed E-state index contributed by atoms with van der Waals surface area (Å²) in [5.41, 5.74) is 0. The van der Waals surface area contributed by atoms with E-state index in [2.05, 4.69) is 10.1 Å². The molecule has 2 aliphatic heterocycles. The minimum atomic E-state index is -0.0740. The first kappa shape index (κ1) is 13.8. The SMILES string of the molecule is CN1CCN(CC(=O)N2CCC[C@H](c3ncon3)C2)C1=O. The van der Waals surface area contributed by atoms with E-state index in [0.29, 0.717) is 25.5 Å². The number of likely N-dealkylation sites (N-methyl/N-ethyl adjacent to an activating group) is 1. The van der Waals surface area contributed by atoms with Gasteiger partial charge in [-0.15, -0.1) is 0 Å². The Labute approximate surface area is 122 Å². The highest BCUT2D eigenvalue weighted by Crippen LogP contribution is 2.24. The predicted molar refractivity (Wildman–Crippen MR) is 72.5 cm³/mol. The van der Waals surface area contributed by atoms with Crippen LogP contribution in [0.2, 0.25) is 0 Å². The second-order valence-corrected chi connectivity index (χ2v) is 5.59. The highest BCUT2D eigenvalue weighted by Gasteiger charge is 2.31. The molecule has 114 valence electrons. The summed E-state index contributed by atoms with van der Waals surface area (Å²) in [6.45, 7) is 2.77. The minimum absolute atomic E-state index is 0.00755. The predicted octanol–water partition coefficient (Wildman–Crippen LogP) is 0.143. The van der Waals surface area contributed by atoms with Crippen LogP contribution < -0.4 is 0 Å². The van der Waals surface area contributed by atoms with Crippen molar-refractivity contribution < 1.29 is 14.1 Å². The Bertz CT molecular complexity index is 518. The summed E-state index contributed by atoms with van der Waals surface area (Å²) < 4.78 is 4.77. The number of amides is 3. The lowest BCUT2D eigenvalue weighted by Gasteiger charge is -2.32. The third-order valence-corrected chi connectivity index (χ3v) is 4.15. The molecule has 8 heteroatoms. The first-order valence-corrected chi connectivity index (χ1v) is 7.19. The fourth-order valence-electron chi connectivity index (χ4n) is 2.89. The summed E-state index contributed by atoms with van der Waals surface area (Å²) in [5.74, 6) is 0.773. The molecule has 0 aliphatic carbocycles. The van der Waals surface area contributed by atoms with Crippen molar-refractivity contribution in [2.24, 2.45) is 0 Å². The highest BCUT2D eigenvalue weighted by atomic mass is 16.5. The average Bonchev–Trinajstić information content (AvgIpc) is 3.13. The van der Waals surface area contributed by atoms with Gasteiger partial charge < -0.3 is 19.2 Å². The maximum absolute atomic E-state index is 12.4. The van der Waals surface area contributed by atoms with Crippen LogP contribution in [0.15, 0.2) is 10.9 Å². The van der Waals surface area contributed by atoms with E-state index in [0.717, 1.165) is 19.4 Å². The van der Waals surface area contributed by atoms with Crippen LogP contribution in [0.5, 0.6) is 0 Å². The van der Waals surface area contributed by atoms with Gasteiger partial charge in [-0.3, -0.25) is 4.79 Å². The molecule has 0 spiro atoms. The normalized spacial score (nSPS) is 23.0. The lowest BCUT2D eigenvalue weighted by molar-refractivity contribution is -0.132. The van der Waals surface area contributed by atoms with Crippen LogP contribution in [0, 0.1) is 0 Å². The van der Waals surface area contributed by atoms with Gasteiger partial charge >= 0.3 is 6.03 Å². The zero-order valence-electron chi connectivity index (χ0n) is 12.1. The van der Waals surface area contributed by atoms with Gasteiger partial charge in [-0.05, 0) is 12.8 Å². The van der Waals surface area contributed by atoms with Gasteiger partial charge in [-0.2, -0.15) is 4.98 Å². The van der Waals surface area contributed by atoms with E-state index in [9.17, 15) is 9.59 Å². The van der Waals surface area contributed by atoms with Crippen molar-refractivity contribution in [1.29, 1.82) is 0 Å². The molecule has 2 fully saturated rings. The van der Waals surface area contributed by atoms with E-state index in [-0.39, 0.29) is 24.4 Å². The van der Waals surface area contributed by atoms with Crippen molar-refractivity contribution in [3.63, 3.8) is 0 Å². The summed E-state index contributed by atoms with van der Waals surface area (Å²) in [4.78, 5) is 33.3. The summed E-state index contributed by atoms with van der Waals surface area (Å²) in [6, 6.07) is -0.0740. The lowest BCUT2D eigenvalue weighted by atomic mass is 9.97. The van der Waals surface area contributed by atoms with Crippen LogP contribution in [0.1, 0.15) is 24.6 Å². The molecule has 0 aromatic carbocycles. The number of likely N-dealkylation sites (tertiary alicyclic amines) is 1. The Balaban J connectivity index is 1.58. The lowest BCUT2D eigenvalue weighted by Crippen LogP contribution is -2.45. The molecule has 0 saturated carbocycles. The van der Waals surface area contributed by atoms with E-state index in [4.69, 9.17) is 4.52 Å². The van der Waals surface area contributed by atoms with Crippen molar-refractivity contribution in [2.75, 3.05) is 39.8 Å². The fourth-order valence-corrected chi connectivity index (χ4v) is 2.89. The largest absolute Gasteiger partial charge is 0.343 e. The summed E-state index contributed by atoms with van der Waals surface area (Å²) in [7, 11) is 1.75. The Morgan fingerprint density at radius 1 is 1.43 bits per heavy atom. The van der Waals surface area contributed by atoms with Crippen molar-refractivity contribution in [1.82, 2.24) is 24.8 Å². The van der Waals surface area contributed by atoms with Gasteiger partial charge in [0.05, 0.1) is 0 Å². The molecule has 21 heavy (non-hydrogen) atoms. The van der Waals surface area contributed by atoms with Crippen LogP contribution >= 0.6 is 0 Å². The van der Waals surface area contributed by atoms with E-state index in [1.807, 2.05) is 0 Å². The fraction of sp³-hybridized carbons (Fsp3) is 0.692. The summed E-state index contributed by atoms with van der Waals surface area (Å²) in [5, 5.41) is 3.86. The van der Waals surface area contributed by atoms with Crippen LogP contribution in [-0.4, -0.2) is 76.6 Å². The average molecular weight is 293 g/mol. The first-order valence-electron chi connectivity index (χ1n) is 7.19. The molecule has 2 aliphatic rings. The number of rotatable bonds is 3. The van der Waals surface area contributed by atoms with E-state index in [1.54, 1.807) is 21.7 Å². The van der Waals surface area contributed by atoms with Gasteiger partial charge in [-0.1, -0.05) is 5.16 Å². The van der Waals surface area contributed by atoms with Crippen LogP contribution in [0.4, 0.5) is 4.79 Å². The first-order chi connectivity index (χ1) is 10.1. The maximum atomic E-state index is 12.4. The Kier molecular flexibility index (Phi) is 3.76. The molecule has 8 nitrogen and oxygen atoms in total. The third-order valence-electron chi connectivity index (χ3n) is 4.15. The quantitative estimate of drug-likeness (QED) is 0.792. The monoisotopic (exact) mass is 293 g/mol. The number of hydrogen-bond donors (Lipinski definition) is 0. The third kappa shape index (κ3) is 2.84. The molecule has 1 aromatic rings. The second-order valence-electron chi connectivity index (χ2n) is 5.59. The standard InChI is InChI=1S/C13H19N5O3/c1-16-5-6-18(13(16)20)8-11(19)17-4-2-3-10(7-17)12-14-9-21-15-12/h9-10H,2-8H2,1H3/t10-/m0/s1. The summed E-state index contributed by atoms with van der Waals surface area (Å²) in [6.07, 6.45) is 3.18. The molecule has 3 amide bonds. The van der Waals surface area contributed by atoms with Crippen molar-refractivity contribution in [3.05, 3.63) is 12.2 Å². The van der Waals surface area contributed by atoms with Gasteiger partial charge in [0, 0.05) is 39.1 Å². The maximum Gasteiger partial charge on any atom is 0.320 e. The molecule has 0 bridgehead atoms. The molecule has 0 unspecified atom stereocenters. The molecule has 3 heterocycles. The van der Waals surface area contributed by atoms with Crippen LogP contribution in [-0.2, 0) is 4.79 Å². The van der Waals surface area contributed by atoms with E-state index >= 15 is 0 Å². The zero-order chi connectivity index (χ0) is 14.8. The van der Waals surface area contributed by atoms with E-state index < -0.39 is 0 Å². The minimum Gasteiger partial charge on any atom is -0.343 e. The zero-order valence-corrected chi connectivity index (χ0v) is 12.1. The van der Waals surface area contributed by atoms with Gasteiger partial charge in [0.2, 0.25) is 12.3 Å². The highest BCUT2D eigenvalue weighted by molar-refractivity contribution is 5.85. The number of aromatic nitrogens is 2. The number of urea groups is 1. The second kappa shape index (κ2) is 5.71. The van der Waals surface area contributed by atoms with Crippen molar-refractivity contribution in [3.8, 4) is 0 Å². The van der Waals surface area contributed by atoms with Gasteiger partial charge in [0.25, 0.3) is 0 Å². The molecule has 3 rings (SSSR count). The number of piperidine rings is 1. The van der Waals surface area contributed by atoms with Crippen molar-refractivity contribution in [2.45, 2.75) is 18.8 Å². The molecular formula is C13H19N5O3. The Morgan fingerprint density at radius 3 is 2.95 bits per heavy atom. The molecule has 0 N–H and O–H groups in total.